The molecule has 1 amide bonds. The topological polar surface area (TPSA) is 80.3 Å². The molecule has 2 aliphatic rings. The van der Waals surface area contributed by atoms with Crippen molar-refractivity contribution in [1.82, 2.24) is 29.7 Å². The first-order chi connectivity index (χ1) is 15.6. The van der Waals surface area contributed by atoms with E-state index in [2.05, 4.69) is 30.8 Å². The maximum absolute atomic E-state index is 13.8. The van der Waals surface area contributed by atoms with Crippen molar-refractivity contribution in [2.75, 3.05) is 26.2 Å². The molecule has 4 heterocycles. The summed E-state index contributed by atoms with van der Waals surface area (Å²) < 4.78 is 7.30. The molecule has 33 heavy (non-hydrogen) atoms. The van der Waals surface area contributed by atoms with Gasteiger partial charge in [-0.05, 0) is 60.5 Å². The minimum atomic E-state index is -0.203. The molecule has 5 rings (SSSR count). The highest BCUT2D eigenvalue weighted by atomic mass is 16.5. The number of fused-ring (bicyclic) bond motifs is 1. The van der Waals surface area contributed by atoms with Crippen LogP contribution in [0.15, 0.2) is 10.6 Å². The maximum Gasteiger partial charge on any atom is 0.254 e. The maximum atomic E-state index is 13.8. The van der Waals surface area contributed by atoms with E-state index in [0.717, 1.165) is 77.5 Å². The first kappa shape index (κ1) is 22.1. The lowest BCUT2D eigenvalue weighted by Gasteiger charge is -2.35. The SMILES string of the molecule is Cc1noc(C)c1CN1CCN(C(=O)c2cc(C3CC3)nc3c2c(C)nn3C(C)(C)C)CC1. The molecule has 0 radical (unpaired) electrons. The van der Waals surface area contributed by atoms with E-state index in [1.165, 1.54) is 0 Å². The zero-order valence-corrected chi connectivity index (χ0v) is 20.6. The molecule has 3 aromatic heterocycles. The van der Waals surface area contributed by atoms with E-state index in [0.29, 0.717) is 19.0 Å². The smallest absolute Gasteiger partial charge is 0.254 e. The second kappa shape index (κ2) is 7.94. The average Bonchev–Trinajstić information content (AvgIpc) is 3.51. The number of rotatable bonds is 4. The van der Waals surface area contributed by atoms with E-state index < -0.39 is 0 Å². The van der Waals surface area contributed by atoms with Crippen LogP contribution in [-0.2, 0) is 12.1 Å². The number of aromatic nitrogens is 4. The third kappa shape index (κ3) is 4.05. The number of hydrogen-bond acceptors (Lipinski definition) is 6. The molecule has 0 atom stereocenters. The zero-order valence-electron chi connectivity index (χ0n) is 20.6. The number of carbonyl (C=O) groups excluding carboxylic acids is 1. The van der Waals surface area contributed by atoms with Gasteiger partial charge in [0, 0.05) is 49.9 Å². The predicted molar refractivity (Wildman–Crippen MR) is 126 cm³/mol. The van der Waals surface area contributed by atoms with Crippen LogP contribution in [0.3, 0.4) is 0 Å². The summed E-state index contributed by atoms with van der Waals surface area (Å²) in [5.74, 6) is 1.44. The number of nitrogens with zero attached hydrogens (tertiary/aromatic N) is 6. The Labute approximate surface area is 194 Å². The van der Waals surface area contributed by atoms with Gasteiger partial charge in [-0.25, -0.2) is 9.67 Å². The Kier molecular flexibility index (Phi) is 5.31. The van der Waals surface area contributed by atoms with Crippen LogP contribution in [0.1, 0.15) is 78.3 Å². The van der Waals surface area contributed by atoms with Crippen LogP contribution in [0.5, 0.6) is 0 Å². The second-order valence-electron chi connectivity index (χ2n) is 10.6. The fourth-order valence-corrected chi connectivity index (χ4v) is 4.76. The van der Waals surface area contributed by atoms with Gasteiger partial charge >= 0.3 is 0 Å². The Bertz CT molecular complexity index is 1190. The summed E-state index contributed by atoms with van der Waals surface area (Å²) in [5, 5.41) is 9.77. The number of aryl methyl sites for hydroxylation is 3. The zero-order chi connectivity index (χ0) is 23.5. The summed E-state index contributed by atoms with van der Waals surface area (Å²) in [7, 11) is 0. The first-order valence-corrected chi connectivity index (χ1v) is 12.0. The van der Waals surface area contributed by atoms with Crippen LogP contribution in [-0.4, -0.2) is 61.8 Å². The molecular formula is C25H34N6O2. The van der Waals surface area contributed by atoms with Crippen molar-refractivity contribution in [2.45, 2.75) is 72.4 Å². The Balaban J connectivity index is 1.41. The van der Waals surface area contributed by atoms with Gasteiger partial charge in [-0.15, -0.1) is 0 Å². The van der Waals surface area contributed by atoms with Crippen molar-refractivity contribution in [3.8, 4) is 0 Å². The lowest BCUT2D eigenvalue weighted by atomic mass is 10.0. The largest absolute Gasteiger partial charge is 0.361 e. The van der Waals surface area contributed by atoms with Crippen molar-refractivity contribution in [3.63, 3.8) is 0 Å². The van der Waals surface area contributed by atoms with Crippen molar-refractivity contribution < 1.29 is 9.32 Å². The molecule has 0 bridgehead atoms. The molecule has 0 unspecified atom stereocenters. The lowest BCUT2D eigenvalue weighted by Crippen LogP contribution is -2.48. The van der Waals surface area contributed by atoms with Gasteiger partial charge in [0.1, 0.15) is 5.76 Å². The fourth-order valence-electron chi connectivity index (χ4n) is 4.76. The number of pyridine rings is 1. The molecule has 8 heteroatoms. The Hall–Kier alpha value is -2.74. The summed E-state index contributed by atoms with van der Waals surface area (Å²) >= 11 is 0. The van der Waals surface area contributed by atoms with Gasteiger partial charge in [0.25, 0.3) is 5.91 Å². The van der Waals surface area contributed by atoms with Gasteiger partial charge in [0.05, 0.1) is 27.9 Å². The predicted octanol–water partition coefficient (Wildman–Crippen LogP) is 3.93. The summed E-state index contributed by atoms with van der Waals surface area (Å²) in [6, 6.07) is 2.04. The summed E-state index contributed by atoms with van der Waals surface area (Å²) in [4.78, 5) is 23.1. The molecule has 2 fully saturated rings. The van der Waals surface area contributed by atoms with Gasteiger partial charge in [-0.1, -0.05) is 5.16 Å². The van der Waals surface area contributed by atoms with Crippen LogP contribution in [0, 0.1) is 20.8 Å². The van der Waals surface area contributed by atoms with E-state index in [4.69, 9.17) is 14.6 Å². The van der Waals surface area contributed by atoms with E-state index >= 15 is 0 Å². The molecule has 0 aromatic carbocycles. The van der Waals surface area contributed by atoms with Crippen LogP contribution in [0.2, 0.25) is 0 Å². The van der Waals surface area contributed by atoms with Gasteiger partial charge < -0.3 is 9.42 Å². The highest BCUT2D eigenvalue weighted by Gasteiger charge is 2.32. The van der Waals surface area contributed by atoms with Crippen LogP contribution in [0.25, 0.3) is 11.0 Å². The second-order valence-corrected chi connectivity index (χ2v) is 10.6. The number of amides is 1. The van der Waals surface area contributed by atoms with Gasteiger partial charge in [-0.2, -0.15) is 5.10 Å². The van der Waals surface area contributed by atoms with Crippen LogP contribution in [0.4, 0.5) is 0 Å². The molecule has 0 N–H and O–H groups in total. The minimum absolute atomic E-state index is 0.0952. The quantitative estimate of drug-likeness (QED) is 0.599. The van der Waals surface area contributed by atoms with Gasteiger partial charge in [0.2, 0.25) is 0 Å². The monoisotopic (exact) mass is 450 g/mol. The van der Waals surface area contributed by atoms with Gasteiger partial charge in [0.15, 0.2) is 5.65 Å². The van der Waals surface area contributed by atoms with Crippen molar-refractivity contribution in [3.05, 3.63) is 40.0 Å². The Morgan fingerprint density at radius 2 is 1.79 bits per heavy atom. The van der Waals surface area contributed by atoms with E-state index in [9.17, 15) is 4.79 Å². The Morgan fingerprint density at radius 3 is 2.36 bits per heavy atom. The average molecular weight is 451 g/mol. The number of carbonyl (C=O) groups is 1. The van der Waals surface area contributed by atoms with E-state index in [1.807, 2.05) is 36.4 Å². The van der Waals surface area contributed by atoms with Crippen LogP contribution < -0.4 is 0 Å². The van der Waals surface area contributed by atoms with Crippen molar-refractivity contribution in [2.24, 2.45) is 0 Å². The first-order valence-electron chi connectivity index (χ1n) is 12.0. The van der Waals surface area contributed by atoms with E-state index in [1.54, 1.807) is 0 Å². The molecule has 176 valence electrons. The molecular weight excluding hydrogens is 416 g/mol. The molecule has 1 aliphatic heterocycles. The minimum Gasteiger partial charge on any atom is -0.361 e. The highest BCUT2D eigenvalue weighted by Crippen LogP contribution is 2.41. The molecule has 1 saturated carbocycles. The fraction of sp³-hybridized carbons (Fsp3) is 0.600. The molecule has 8 nitrogen and oxygen atoms in total. The van der Waals surface area contributed by atoms with Gasteiger partial charge in [-0.3, -0.25) is 9.69 Å². The summed E-state index contributed by atoms with van der Waals surface area (Å²) in [6.45, 7) is 16.2. The normalized spacial score (nSPS) is 17.8. The highest BCUT2D eigenvalue weighted by molar-refractivity contribution is 6.06. The van der Waals surface area contributed by atoms with Crippen molar-refractivity contribution >= 4 is 16.9 Å². The molecule has 0 spiro atoms. The van der Waals surface area contributed by atoms with Crippen molar-refractivity contribution in [1.29, 1.82) is 0 Å². The lowest BCUT2D eigenvalue weighted by molar-refractivity contribution is 0.0629. The number of hydrogen-bond donors (Lipinski definition) is 0. The van der Waals surface area contributed by atoms with E-state index in [-0.39, 0.29) is 11.4 Å². The molecule has 1 aliphatic carbocycles. The Morgan fingerprint density at radius 1 is 1.09 bits per heavy atom. The molecule has 1 saturated heterocycles. The standard InChI is InChI=1S/C25H34N6O2/c1-15-20(17(3)33-28-15)14-29-9-11-30(12-10-29)24(32)19-13-21(18-7-8-18)26-23-22(19)16(2)27-31(23)25(4,5)6/h13,18H,7-12,14H2,1-6H3. The summed E-state index contributed by atoms with van der Waals surface area (Å²) in [6.07, 6.45) is 2.30. The van der Waals surface area contributed by atoms with Crippen LogP contribution >= 0.6 is 0 Å². The third-order valence-electron chi connectivity index (χ3n) is 6.92. The number of piperazine rings is 1. The summed E-state index contributed by atoms with van der Waals surface area (Å²) in [5.41, 5.74) is 5.41. The third-order valence-corrected chi connectivity index (χ3v) is 6.92. The molecule has 3 aromatic rings.